The van der Waals surface area contributed by atoms with Gasteiger partial charge in [0.25, 0.3) is 0 Å². The fourth-order valence-corrected chi connectivity index (χ4v) is 1.68. The van der Waals surface area contributed by atoms with E-state index in [1.807, 2.05) is 26.0 Å². The zero-order valence-corrected chi connectivity index (χ0v) is 10.8. The van der Waals surface area contributed by atoms with Gasteiger partial charge in [-0.3, -0.25) is 0 Å². The van der Waals surface area contributed by atoms with Crippen molar-refractivity contribution in [1.82, 2.24) is 10.2 Å². The zero-order valence-electron chi connectivity index (χ0n) is 10.0. The van der Waals surface area contributed by atoms with E-state index in [0.717, 1.165) is 16.8 Å². The van der Waals surface area contributed by atoms with Crippen molar-refractivity contribution in [3.8, 4) is 6.07 Å². The summed E-state index contributed by atoms with van der Waals surface area (Å²) in [7, 11) is 0. The Bertz CT molecular complexity index is 631. The summed E-state index contributed by atoms with van der Waals surface area (Å²) in [4.78, 5) is 0. The van der Waals surface area contributed by atoms with Gasteiger partial charge < -0.3 is 5.32 Å². The van der Waals surface area contributed by atoms with E-state index in [4.69, 9.17) is 16.9 Å². The van der Waals surface area contributed by atoms with E-state index >= 15 is 0 Å². The maximum Gasteiger partial charge on any atom is 0.156 e. The predicted octanol–water partition coefficient (Wildman–Crippen LogP) is 3.36. The molecule has 0 bridgehead atoms. The Labute approximate surface area is 110 Å². The van der Waals surface area contributed by atoms with Crippen molar-refractivity contribution in [2.75, 3.05) is 5.32 Å². The van der Waals surface area contributed by atoms with Crippen LogP contribution in [0.4, 0.5) is 11.5 Å². The minimum Gasteiger partial charge on any atom is -0.338 e. The van der Waals surface area contributed by atoms with Crippen LogP contribution < -0.4 is 5.32 Å². The topological polar surface area (TPSA) is 61.6 Å². The first-order valence-corrected chi connectivity index (χ1v) is 5.76. The number of nitrogens with zero attached hydrogens (tertiary/aromatic N) is 3. The first-order chi connectivity index (χ1) is 8.61. The summed E-state index contributed by atoms with van der Waals surface area (Å²) in [5, 5.41) is 20.3. The molecule has 90 valence electrons. The Kier molecular flexibility index (Phi) is 3.45. The molecule has 0 aliphatic heterocycles. The van der Waals surface area contributed by atoms with E-state index in [9.17, 15) is 0 Å². The van der Waals surface area contributed by atoms with E-state index < -0.39 is 0 Å². The number of nitrogens with one attached hydrogen (secondary N) is 1. The molecule has 2 aromatic rings. The standard InChI is InChI=1S/C13H11ClN4/c1-8-9(2)13(18-17-12(8)14)16-11-5-3-4-10(6-11)7-15/h3-6H,1-2H3,(H,16,18). The number of rotatable bonds is 2. The van der Waals surface area contributed by atoms with Gasteiger partial charge in [0.15, 0.2) is 11.0 Å². The highest BCUT2D eigenvalue weighted by atomic mass is 35.5. The van der Waals surface area contributed by atoms with Gasteiger partial charge in [0.05, 0.1) is 11.6 Å². The quantitative estimate of drug-likeness (QED) is 0.897. The third-order valence-corrected chi connectivity index (χ3v) is 3.08. The van der Waals surface area contributed by atoms with E-state index in [0.29, 0.717) is 16.5 Å². The predicted molar refractivity (Wildman–Crippen MR) is 71.0 cm³/mol. The molecular weight excluding hydrogens is 248 g/mol. The summed E-state index contributed by atoms with van der Waals surface area (Å²) in [5.74, 6) is 0.645. The second-order valence-electron chi connectivity index (χ2n) is 3.91. The number of nitriles is 1. The fraction of sp³-hybridized carbons (Fsp3) is 0.154. The average Bonchev–Trinajstić information content (AvgIpc) is 2.40. The molecule has 1 aromatic heterocycles. The molecular formula is C13H11ClN4. The third kappa shape index (κ3) is 2.41. The SMILES string of the molecule is Cc1c(Cl)nnc(Nc2cccc(C#N)c2)c1C. The smallest absolute Gasteiger partial charge is 0.156 e. The van der Waals surface area contributed by atoms with Crippen LogP contribution in [0.5, 0.6) is 0 Å². The summed E-state index contributed by atoms with van der Waals surface area (Å²) in [5.41, 5.74) is 3.23. The van der Waals surface area contributed by atoms with E-state index in [1.54, 1.807) is 12.1 Å². The Morgan fingerprint density at radius 1 is 1.22 bits per heavy atom. The van der Waals surface area contributed by atoms with Crippen LogP contribution in [0.3, 0.4) is 0 Å². The first-order valence-electron chi connectivity index (χ1n) is 5.38. The van der Waals surface area contributed by atoms with Gasteiger partial charge in [-0.05, 0) is 43.2 Å². The molecule has 0 atom stereocenters. The number of aromatic nitrogens is 2. The number of hydrogen-bond acceptors (Lipinski definition) is 4. The maximum absolute atomic E-state index is 8.84. The normalized spacial score (nSPS) is 9.89. The number of halogens is 1. The Morgan fingerprint density at radius 3 is 2.72 bits per heavy atom. The summed E-state index contributed by atoms with van der Waals surface area (Å²) in [6.45, 7) is 3.82. The Hall–Kier alpha value is -2.12. The van der Waals surface area contributed by atoms with Crippen LogP contribution in [0.15, 0.2) is 24.3 Å². The first kappa shape index (κ1) is 12.3. The summed E-state index contributed by atoms with van der Waals surface area (Å²) in [6, 6.07) is 9.27. The van der Waals surface area contributed by atoms with Crippen LogP contribution in [0.1, 0.15) is 16.7 Å². The Morgan fingerprint density at radius 2 is 2.00 bits per heavy atom. The molecule has 0 aliphatic rings. The molecule has 0 saturated heterocycles. The van der Waals surface area contributed by atoms with Crippen LogP contribution in [0, 0.1) is 25.2 Å². The molecule has 2 rings (SSSR count). The van der Waals surface area contributed by atoms with Crippen LogP contribution in [0.2, 0.25) is 5.15 Å². The average molecular weight is 259 g/mol. The van der Waals surface area contributed by atoms with Crippen LogP contribution in [-0.2, 0) is 0 Å². The molecule has 4 nitrogen and oxygen atoms in total. The Balaban J connectivity index is 2.35. The fourth-order valence-electron chi connectivity index (χ4n) is 1.50. The van der Waals surface area contributed by atoms with Gasteiger partial charge >= 0.3 is 0 Å². The second kappa shape index (κ2) is 5.03. The molecule has 0 radical (unpaired) electrons. The molecule has 5 heteroatoms. The molecule has 0 spiro atoms. The lowest BCUT2D eigenvalue weighted by molar-refractivity contribution is 1.00. The molecule has 0 amide bonds. The molecule has 18 heavy (non-hydrogen) atoms. The van der Waals surface area contributed by atoms with Crippen molar-refractivity contribution in [3.63, 3.8) is 0 Å². The minimum absolute atomic E-state index is 0.406. The van der Waals surface area contributed by atoms with Crippen molar-refractivity contribution in [2.24, 2.45) is 0 Å². The molecule has 0 aliphatic carbocycles. The summed E-state index contributed by atoms with van der Waals surface area (Å²) in [6.07, 6.45) is 0. The molecule has 0 unspecified atom stereocenters. The van der Waals surface area contributed by atoms with E-state index in [2.05, 4.69) is 21.6 Å². The lowest BCUT2D eigenvalue weighted by Gasteiger charge is -2.10. The summed E-state index contributed by atoms with van der Waals surface area (Å²) >= 11 is 5.89. The molecule has 1 N–H and O–H groups in total. The van der Waals surface area contributed by atoms with Crippen molar-refractivity contribution < 1.29 is 0 Å². The van der Waals surface area contributed by atoms with E-state index in [1.165, 1.54) is 0 Å². The molecule has 0 saturated carbocycles. The molecule has 1 heterocycles. The van der Waals surface area contributed by atoms with Crippen molar-refractivity contribution in [1.29, 1.82) is 5.26 Å². The van der Waals surface area contributed by atoms with Crippen molar-refractivity contribution in [2.45, 2.75) is 13.8 Å². The highest BCUT2D eigenvalue weighted by Gasteiger charge is 2.08. The maximum atomic E-state index is 8.84. The van der Waals surface area contributed by atoms with Crippen LogP contribution in [0.25, 0.3) is 0 Å². The number of anilines is 2. The highest BCUT2D eigenvalue weighted by Crippen LogP contribution is 2.23. The van der Waals surface area contributed by atoms with Gasteiger partial charge in [-0.2, -0.15) is 5.26 Å². The zero-order chi connectivity index (χ0) is 13.1. The molecule has 1 aromatic carbocycles. The lowest BCUT2D eigenvalue weighted by atomic mass is 10.2. The number of hydrogen-bond donors (Lipinski definition) is 1. The van der Waals surface area contributed by atoms with Gasteiger partial charge in [-0.25, -0.2) is 0 Å². The van der Waals surface area contributed by atoms with Crippen molar-refractivity contribution in [3.05, 3.63) is 46.1 Å². The van der Waals surface area contributed by atoms with Crippen LogP contribution >= 0.6 is 11.6 Å². The monoisotopic (exact) mass is 258 g/mol. The van der Waals surface area contributed by atoms with Gasteiger partial charge in [0.2, 0.25) is 0 Å². The highest BCUT2D eigenvalue weighted by molar-refractivity contribution is 6.30. The van der Waals surface area contributed by atoms with Gasteiger partial charge in [0.1, 0.15) is 0 Å². The van der Waals surface area contributed by atoms with Gasteiger partial charge in [0, 0.05) is 5.69 Å². The second-order valence-corrected chi connectivity index (χ2v) is 4.27. The van der Waals surface area contributed by atoms with Crippen molar-refractivity contribution >= 4 is 23.1 Å². The van der Waals surface area contributed by atoms with Gasteiger partial charge in [-0.15, -0.1) is 10.2 Å². The van der Waals surface area contributed by atoms with Gasteiger partial charge in [-0.1, -0.05) is 17.7 Å². The largest absolute Gasteiger partial charge is 0.338 e. The summed E-state index contributed by atoms with van der Waals surface area (Å²) < 4.78 is 0. The lowest BCUT2D eigenvalue weighted by Crippen LogP contribution is -2.01. The molecule has 0 fully saturated rings. The number of benzene rings is 1. The third-order valence-electron chi connectivity index (χ3n) is 2.72. The van der Waals surface area contributed by atoms with E-state index in [-0.39, 0.29) is 0 Å². The minimum atomic E-state index is 0.406. The van der Waals surface area contributed by atoms with Crippen LogP contribution in [-0.4, -0.2) is 10.2 Å².